The average molecular weight is 473 g/mol. The molecule has 0 aromatic heterocycles. The van der Waals surface area contributed by atoms with Gasteiger partial charge >= 0.3 is 5.97 Å². The summed E-state index contributed by atoms with van der Waals surface area (Å²) < 4.78 is 0. The zero-order chi connectivity index (χ0) is 25.6. The van der Waals surface area contributed by atoms with E-state index in [1.165, 1.54) is 0 Å². The highest BCUT2D eigenvalue weighted by Crippen LogP contribution is 2.07. The number of amides is 4. The minimum atomic E-state index is -1.24. The zero-order valence-corrected chi connectivity index (χ0v) is 19.0. The van der Waals surface area contributed by atoms with Gasteiger partial charge in [-0.2, -0.15) is 0 Å². The van der Waals surface area contributed by atoms with Gasteiger partial charge in [-0.05, 0) is 31.6 Å². The molecule has 0 aromatic carbocycles. The highest BCUT2D eigenvalue weighted by molar-refractivity contribution is 5.94. The van der Waals surface area contributed by atoms with Gasteiger partial charge in [-0.1, -0.05) is 13.8 Å². The molecule has 0 fully saturated rings. The Hall–Kier alpha value is -3.42. The van der Waals surface area contributed by atoms with Crippen molar-refractivity contribution in [2.24, 2.45) is 33.8 Å². The molecule has 0 heterocycles. The molecular weight excluding hydrogens is 436 g/mol. The number of carbonyl (C=O) groups is 5. The maximum atomic E-state index is 12.8. The van der Waals surface area contributed by atoms with E-state index in [1.54, 1.807) is 0 Å². The second-order valence-corrected chi connectivity index (χ2v) is 7.92. The SMILES string of the molecule is CC(C)CC(NC(=O)C(CCC(N)=O)NC(=O)C(N)CCCN=C(N)N)C(=O)NCC(=O)O. The predicted molar refractivity (Wildman–Crippen MR) is 120 cm³/mol. The molecule has 4 amide bonds. The van der Waals surface area contributed by atoms with Gasteiger partial charge in [-0.3, -0.25) is 29.0 Å². The van der Waals surface area contributed by atoms with E-state index in [-0.39, 0.29) is 44.1 Å². The van der Waals surface area contributed by atoms with Crippen LogP contribution in [0.25, 0.3) is 0 Å². The van der Waals surface area contributed by atoms with Gasteiger partial charge in [0, 0.05) is 13.0 Å². The molecule has 0 saturated carbocycles. The molecule has 33 heavy (non-hydrogen) atoms. The lowest BCUT2D eigenvalue weighted by Gasteiger charge is -2.24. The van der Waals surface area contributed by atoms with E-state index >= 15 is 0 Å². The van der Waals surface area contributed by atoms with Crippen molar-refractivity contribution < 1.29 is 29.1 Å². The van der Waals surface area contributed by atoms with Crippen LogP contribution in [0.1, 0.15) is 46.0 Å². The maximum Gasteiger partial charge on any atom is 0.322 e. The summed E-state index contributed by atoms with van der Waals surface area (Å²) in [4.78, 5) is 63.3. The van der Waals surface area contributed by atoms with Crippen LogP contribution in [0, 0.1) is 5.92 Å². The molecule has 0 aliphatic heterocycles. The van der Waals surface area contributed by atoms with E-state index in [0.29, 0.717) is 6.42 Å². The first-order valence-corrected chi connectivity index (χ1v) is 10.5. The Morgan fingerprint density at radius 3 is 2.03 bits per heavy atom. The Labute approximate surface area is 192 Å². The predicted octanol–water partition coefficient (Wildman–Crippen LogP) is -3.15. The van der Waals surface area contributed by atoms with Crippen LogP contribution in [0.5, 0.6) is 0 Å². The summed E-state index contributed by atoms with van der Waals surface area (Å²) in [5.41, 5.74) is 21.5. The lowest BCUT2D eigenvalue weighted by Crippen LogP contribution is -2.56. The second-order valence-electron chi connectivity index (χ2n) is 7.92. The molecule has 0 aliphatic carbocycles. The van der Waals surface area contributed by atoms with E-state index < -0.39 is 54.3 Å². The summed E-state index contributed by atoms with van der Waals surface area (Å²) in [5, 5.41) is 15.9. The van der Waals surface area contributed by atoms with Gasteiger partial charge in [-0.15, -0.1) is 0 Å². The van der Waals surface area contributed by atoms with Crippen molar-refractivity contribution in [3.05, 3.63) is 0 Å². The molecule has 0 aromatic rings. The van der Waals surface area contributed by atoms with Crippen LogP contribution in [0.3, 0.4) is 0 Å². The number of aliphatic carboxylic acids is 1. The van der Waals surface area contributed by atoms with Gasteiger partial charge in [0.1, 0.15) is 18.6 Å². The topological polar surface area (TPSA) is 258 Å². The molecule has 3 unspecified atom stereocenters. The Balaban J connectivity index is 5.22. The molecular formula is C19H36N8O6. The molecule has 0 spiro atoms. The third-order valence-corrected chi connectivity index (χ3v) is 4.37. The number of hydrogen-bond acceptors (Lipinski definition) is 7. The minimum absolute atomic E-state index is 0.0109. The summed E-state index contributed by atoms with van der Waals surface area (Å²) in [5.74, 6) is -4.06. The first kappa shape index (κ1) is 29.6. The van der Waals surface area contributed by atoms with Crippen molar-refractivity contribution >= 4 is 35.6 Å². The number of primary amides is 1. The molecule has 0 rings (SSSR count). The zero-order valence-electron chi connectivity index (χ0n) is 19.0. The lowest BCUT2D eigenvalue weighted by atomic mass is 10.0. The van der Waals surface area contributed by atoms with Crippen LogP contribution < -0.4 is 38.9 Å². The molecule has 12 N–H and O–H groups in total. The van der Waals surface area contributed by atoms with E-state index in [9.17, 15) is 24.0 Å². The molecule has 14 heteroatoms. The molecule has 0 aliphatic rings. The van der Waals surface area contributed by atoms with Crippen molar-refractivity contribution in [1.29, 1.82) is 0 Å². The minimum Gasteiger partial charge on any atom is -0.480 e. The van der Waals surface area contributed by atoms with E-state index in [0.717, 1.165) is 0 Å². The number of aliphatic imine (C=N–C) groups is 1. The normalized spacial score (nSPS) is 13.3. The van der Waals surface area contributed by atoms with Crippen molar-refractivity contribution in [1.82, 2.24) is 16.0 Å². The third-order valence-electron chi connectivity index (χ3n) is 4.37. The summed E-state index contributed by atoms with van der Waals surface area (Å²) in [6, 6.07) is -3.19. The van der Waals surface area contributed by atoms with Gasteiger partial charge in [0.05, 0.1) is 6.04 Å². The van der Waals surface area contributed by atoms with Gasteiger partial charge in [0.25, 0.3) is 0 Å². The number of guanidine groups is 1. The fraction of sp³-hybridized carbons (Fsp3) is 0.684. The summed E-state index contributed by atoms with van der Waals surface area (Å²) >= 11 is 0. The molecule has 14 nitrogen and oxygen atoms in total. The fourth-order valence-corrected chi connectivity index (χ4v) is 2.75. The van der Waals surface area contributed by atoms with E-state index in [4.69, 9.17) is 28.0 Å². The first-order chi connectivity index (χ1) is 15.3. The largest absolute Gasteiger partial charge is 0.480 e. The smallest absolute Gasteiger partial charge is 0.322 e. The number of carboxylic acid groups (broad SMARTS) is 1. The van der Waals surface area contributed by atoms with Crippen molar-refractivity contribution in [2.75, 3.05) is 13.1 Å². The Bertz CT molecular complexity index is 723. The quantitative estimate of drug-likeness (QED) is 0.0639. The second kappa shape index (κ2) is 15.4. The number of nitrogens with zero attached hydrogens (tertiary/aromatic N) is 1. The highest BCUT2D eigenvalue weighted by atomic mass is 16.4. The lowest BCUT2D eigenvalue weighted by molar-refractivity contribution is -0.138. The maximum absolute atomic E-state index is 12.8. The summed E-state index contributed by atoms with van der Waals surface area (Å²) in [7, 11) is 0. The number of carboxylic acids is 1. The molecule has 0 bridgehead atoms. The summed E-state index contributed by atoms with van der Waals surface area (Å²) in [6.07, 6.45) is 0.570. The fourth-order valence-electron chi connectivity index (χ4n) is 2.75. The van der Waals surface area contributed by atoms with Crippen LogP contribution in [0.15, 0.2) is 4.99 Å². The number of carbonyl (C=O) groups excluding carboxylic acids is 4. The summed E-state index contributed by atoms with van der Waals surface area (Å²) in [6.45, 7) is 3.30. The number of nitrogens with two attached hydrogens (primary N) is 4. The Morgan fingerprint density at radius 1 is 0.909 bits per heavy atom. The standard InChI is InChI=1S/C19H36N8O6/c1-10(2)8-13(17(32)25-9-15(29)30)27-18(33)12(5-6-14(21)28)26-16(31)11(20)4-3-7-24-19(22)23/h10-13H,3-9,20H2,1-2H3,(H2,21,28)(H,25,32)(H,26,31)(H,27,33)(H,29,30)(H4,22,23,24). The molecule has 3 atom stereocenters. The monoisotopic (exact) mass is 472 g/mol. The first-order valence-electron chi connectivity index (χ1n) is 10.5. The van der Waals surface area contributed by atoms with Crippen LogP contribution in [0.4, 0.5) is 0 Å². The van der Waals surface area contributed by atoms with Gasteiger partial charge in [-0.25, -0.2) is 0 Å². The highest BCUT2D eigenvalue weighted by Gasteiger charge is 2.29. The van der Waals surface area contributed by atoms with Gasteiger partial charge in [0.2, 0.25) is 23.6 Å². The Kier molecular flexibility index (Phi) is 13.8. The number of rotatable bonds is 16. The third kappa shape index (κ3) is 14.3. The van der Waals surface area contributed by atoms with Crippen LogP contribution in [-0.2, 0) is 24.0 Å². The van der Waals surface area contributed by atoms with Crippen LogP contribution in [-0.4, -0.2) is 71.9 Å². The van der Waals surface area contributed by atoms with E-state index in [1.807, 2.05) is 13.8 Å². The molecule has 0 saturated heterocycles. The van der Waals surface area contributed by atoms with Crippen molar-refractivity contribution in [2.45, 2.75) is 64.1 Å². The van der Waals surface area contributed by atoms with E-state index in [2.05, 4.69) is 20.9 Å². The number of nitrogens with one attached hydrogen (secondary N) is 3. The van der Waals surface area contributed by atoms with Crippen molar-refractivity contribution in [3.8, 4) is 0 Å². The average Bonchev–Trinajstić information content (AvgIpc) is 2.70. The van der Waals surface area contributed by atoms with Gasteiger partial charge in [0.15, 0.2) is 5.96 Å². The van der Waals surface area contributed by atoms with Gasteiger partial charge < -0.3 is 44.0 Å². The molecule has 188 valence electrons. The van der Waals surface area contributed by atoms with Crippen molar-refractivity contribution in [3.63, 3.8) is 0 Å². The number of hydrogen-bond donors (Lipinski definition) is 8. The van der Waals surface area contributed by atoms with Crippen LogP contribution >= 0.6 is 0 Å². The van der Waals surface area contributed by atoms with Crippen LogP contribution in [0.2, 0.25) is 0 Å². The Morgan fingerprint density at radius 2 is 1.52 bits per heavy atom. The molecule has 0 radical (unpaired) electrons.